The van der Waals surface area contributed by atoms with Gasteiger partial charge in [0, 0.05) is 17.5 Å². The van der Waals surface area contributed by atoms with Gasteiger partial charge in [0.25, 0.3) is 10.0 Å². The van der Waals surface area contributed by atoms with Crippen LogP contribution in [0.2, 0.25) is 0 Å². The maximum absolute atomic E-state index is 12.4. The fraction of sp³-hybridized carbons (Fsp3) is 0.118. The monoisotopic (exact) mass is 329 g/mol. The zero-order valence-electron chi connectivity index (χ0n) is 12.7. The van der Waals surface area contributed by atoms with E-state index in [0.717, 1.165) is 16.5 Å². The molecule has 0 saturated heterocycles. The lowest BCUT2D eigenvalue weighted by Gasteiger charge is -2.09. The molecule has 3 aromatic rings. The summed E-state index contributed by atoms with van der Waals surface area (Å²) in [4.78, 5) is 11.6. The fourth-order valence-electron chi connectivity index (χ4n) is 2.38. The van der Waals surface area contributed by atoms with Crippen LogP contribution >= 0.6 is 0 Å². The van der Waals surface area contributed by atoms with Crippen LogP contribution in [0.15, 0.2) is 62.6 Å². The topological polar surface area (TPSA) is 76.4 Å². The van der Waals surface area contributed by atoms with Crippen molar-refractivity contribution in [2.75, 3.05) is 4.72 Å². The van der Waals surface area contributed by atoms with Crippen molar-refractivity contribution in [3.63, 3.8) is 0 Å². The van der Waals surface area contributed by atoms with E-state index in [9.17, 15) is 13.2 Å². The Morgan fingerprint density at radius 3 is 2.52 bits per heavy atom. The molecule has 3 rings (SSSR count). The Hall–Kier alpha value is -2.60. The molecular formula is C17H15NO4S. The maximum Gasteiger partial charge on any atom is 0.336 e. The molecule has 0 atom stereocenters. The summed E-state index contributed by atoms with van der Waals surface area (Å²) < 4.78 is 32.5. The highest BCUT2D eigenvalue weighted by Crippen LogP contribution is 2.23. The van der Waals surface area contributed by atoms with Crippen LogP contribution in [0, 0.1) is 13.8 Å². The van der Waals surface area contributed by atoms with Crippen molar-refractivity contribution in [2.24, 2.45) is 0 Å². The van der Waals surface area contributed by atoms with Crippen molar-refractivity contribution < 1.29 is 12.8 Å². The molecule has 5 nitrogen and oxygen atoms in total. The molecule has 0 aliphatic heterocycles. The zero-order chi connectivity index (χ0) is 16.6. The van der Waals surface area contributed by atoms with E-state index in [0.29, 0.717) is 11.3 Å². The summed E-state index contributed by atoms with van der Waals surface area (Å²) in [7, 11) is -3.69. The molecule has 23 heavy (non-hydrogen) atoms. The summed E-state index contributed by atoms with van der Waals surface area (Å²) in [6.45, 7) is 3.63. The predicted molar refractivity (Wildman–Crippen MR) is 89.2 cm³/mol. The number of sulfonamides is 1. The normalized spacial score (nSPS) is 11.6. The van der Waals surface area contributed by atoms with Gasteiger partial charge in [0.05, 0.1) is 10.6 Å². The third-order valence-electron chi connectivity index (χ3n) is 3.50. The average Bonchev–Trinajstić information content (AvgIpc) is 2.46. The van der Waals surface area contributed by atoms with Crippen LogP contribution < -0.4 is 10.3 Å². The molecule has 0 fully saturated rings. The van der Waals surface area contributed by atoms with E-state index in [1.165, 1.54) is 18.2 Å². The molecule has 0 unspecified atom stereocenters. The molecule has 0 aliphatic carbocycles. The van der Waals surface area contributed by atoms with Gasteiger partial charge in [0.15, 0.2) is 0 Å². The summed E-state index contributed by atoms with van der Waals surface area (Å²) in [6.07, 6.45) is 0. The minimum atomic E-state index is -3.69. The highest BCUT2D eigenvalue weighted by molar-refractivity contribution is 7.92. The Balaban J connectivity index is 2.03. The Bertz CT molecular complexity index is 1050. The van der Waals surface area contributed by atoms with Crippen molar-refractivity contribution in [1.29, 1.82) is 0 Å². The molecule has 0 bridgehead atoms. The van der Waals surface area contributed by atoms with Gasteiger partial charge in [0.2, 0.25) is 0 Å². The summed E-state index contributed by atoms with van der Waals surface area (Å²) in [6, 6.07) is 12.9. The van der Waals surface area contributed by atoms with Gasteiger partial charge in [-0.1, -0.05) is 12.1 Å². The van der Waals surface area contributed by atoms with Crippen molar-refractivity contribution in [2.45, 2.75) is 18.7 Å². The van der Waals surface area contributed by atoms with E-state index in [4.69, 9.17) is 4.42 Å². The lowest BCUT2D eigenvalue weighted by atomic mass is 10.1. The molecule has 1 N–H and O–H groups in total. The largest absolute Gasteiger partial charge is 0.423 e. The number of fused-ring (bicyclic) bond motifs is 1. The summed E-state index contributed by atoms with van der Waals surface area (Å²) in [5, 5.41) is 0.767. The number of hydrogen-bond donors (Lipinski definition) is 1. The lowest BCUT2D eigenvalue weighted by Crippen LogP contribution is -2.13. The molecular weight excluding hydrogens is 314 g/mol. The number of anilines is 1. The minimum absolute atomic E-state index is 0.184. The Kier molecular flexibility index (Phi) is 3.69. The van der Waals surface area contributed by atoms with Gasteiger partial charge >= 0.3 is 5.63 Å². The molecule has 0 spiro atoms. The van der Waals surface area contributed by atoms with Crippen LogP contribution in [0.5, 0.6) is 0 Å². The van der Waals surface area contributed by atoms with Gasteiger partial charge in [-0.2, -0.15) is 0 Å². The number of rotatable bonds is 3. The highest BCUT2D eigenvalue weighted by atomic mass is 32.2. The van der Waals surface area contributed by atoms with E-state index in [2.05, 4.69) is 4.72 Å². The first-order chi connectivity index (χ1) is 10.8. The minimum Gasteiger partial charge on any atom is -0.423 e. The molecule has 6 heteroatoms. The molecule has 0 saturated carbocycles. The first-order valence-corrected chi connectivity index (χ1v) is 8.47. The summed E-state index contributed by atoms with van der Waals surface area (Å²) in [5.74, 6) is 0. The SMILES string of the molecule is Cc1cccc(S(=O)(=O)Nc2ccc3c(C)cc(=O)oc3c2)c1. The predicted octanol–water partition coefficient (Wildman–Crippen LogP) is 3.21. The highest BCUT2D eigenvalue weighted by Gasteiger charge is 2.15. The third kappa shape index (κ3) is 3.12. The summed E-state index contributed by atoms with van der Waals surface area (Å²) in [5.41, 5.74) is 1.86. The molecule has 1 aromatic heterocycles. The van der Waals surface area contributed by atoms with E-state index in [-0.39, 0.29) is 4.90 Å². The van der Waals surface area contributed by atoms with Crippen LogP contribution in [0.25, 0.3) is 11.0 Å². The van der Waals surface area contributed by atoms with Gasteiger partial charge in [-0.25, -0.2) is 13.2 Å². The van der Waals surface area contributed by atoms with E-state index >= 15 is 0 Å². The van der Waals surface area contributed by atoms with E-state index in [1.54, 1.807) is 31.2 Å². The molecule has 2 aromatic carbocycles. The quantitative estimate of drug-likeness (QED) is 0.749. The van der Waals surface area contributed by atoms with Gasteiger partial charge in [0.1, 0.15) is 5.58 Å². The molecule has 0 radical (unpaired) electrons. The summed E-state index contributed by atoms with van der Waals surface area (Å²) >= 11 is 0. The first kappa shape index (κ1) is 15.3. The van der Waals surface area contributed by atoms with E-state index in [1.807, 2.05) is 13.0 Å². The van der Waals surface area contributed by atoms with E-state index < -0.39 is 15.6 Å². The van der Waals surface area contributed by atoms with Crippen LogP contribution in [0.1, 0.15) is 11.1 Å². The Morgan fingerprint density at radius 1 is 1.00 bits per heavy atom. The van der Waals surface area contributed by atoms with Gasteiger partial charge in [-0.05, 0) is 49.2 Å². The van der Waals surface area contributed by atoms with Gasteiger partial charge in [-0.3, -0.25) is 4.72 Å². The van der Waals surface area contributed by atoms with Crippen LogP contribution in [0.3, 0.4) is 0 Å². The second-order valence-electron chi connectivity index (χ2n) is 5.38. The number of aryl methyl sites for hydroxylation is 2. The van der Waals surface area contributed by atoms with Crippen molar-refractivity contribution in [3.05, 3.63) is 70.1 Å². The van der Waals surface area contributed by atoms with Crippen molar-refractivity contribution >= 4 is 26.7 Å². The molecule has 0 amide bonds. The number of nitrogens with one attached hydrogen (secondary N) is 1. The van der Waals surface area contributed by atoms with Gasteiger partial charge < -0.3 is 4.42 Å². The molecule has 118 valence electrons. The average molecular weight is 329 g/mol. The number of hydrogen-bond acceptors (Lipinski definition) is 4. The zero-order valence-corrected chi connectivity index (χ0v) is 13.5. The molecule has 1 heterocycles. The van der Waals surface area contributed by atoms with Crippen LogP contribution in [-0.2, 0) is 10.0 Å². The maximum atomic E-state index is 12.4. The van der Waals surface area contributed by atoms with Crippen LogP contribution in [0.4, 0.5) is 5.69 Å². The second kappa shape index (κ2) is 5.55. The van der Waals surface area contributed by atoms with Crippen LogP contribution in [-0.4, -0.2) is 8.42 Å². The van der Waals surface area contributed by atoms with Crippen molar-refractivity contribution in [3.8, 4) is 0 Å². The Labute approximate surface area is 133 Å². The third-order valence-corrected chi connectivity index (χ3v) is 4.88. The standard InChI is InChI=1S/C17H15NO4S/c1-11-4-3-5-14(8-11)23(20,21)18-13-6-7-15-12(2)9-17(19)22-16(15)10-13/h3-10,18H,1-2H3. The first-order valence-electron chi connectivity index (χ1n) is 6.99. The molecule has 0 aliphatic rings. The fourth-order valence-corrected chi connectivity index (χ4v) is 3.54. The van der Waals surface area contributed by atoms with Gasteiger partial charge in [-0.15, -0.1) is 0 Å². The smallest absolute Gasteiger partial charge is 0.336 e. The second-order valence-corrected chi connectivity index (χ2v) is 7.06. The van der Waals surface area contributed by atoms with Crippen molar-refractivity contribution in [1.82, 2.24) is 0 Å². The Morgan fingerprint density at radius 2 is 1.78 bits per heavy atom. The number of benzene rings is 2. The lowest BCUT2D eigenvalue weighted by molar-refractivity contribution is 0.560.